The predicted octanol–water partition coefficient (Wildman–Crippen LogP) is 3.94. The number of thiophene rings is 1. The molecule has 3 saturated heterocycles. The summed E-state index contributed by atoms with van der Waals surface area (Å²) in [5, 5.41) is 0. The molecule has 0 aliphatic carbocycles. The summed E-state index contributed by atoms with van der Waals surface area (Å²) in [5.41, 5.74) is 4.29. The maximum atomic E-state index is 12.2. The molecule has 0 radical (unpaired) electrons. The summed E-state index contributed by atoms with van der Waals surface area (Å²) in [6.45, 7) is 7.99. The number of likely N-dealkylation sites (tertiary alicyclic amines) is 1. The standard InChI is InChI=1S/C28H37N5O5S2/c1-19-22(17-32-11-7-28(8-12-32)37-13-14-38-28)24-25(39-19)23(30-27(31-24)33-9-5-4-6-10-33)20-15-21(18-40(3,34)35)26(36-2)29-16-20/h15-16H,4-14,17-18H2,1-3H3. The number of ether oxygens (including phenoxy) is 3. The Hall–Kier alpha value is -2.38. The van der Waals surface area contributed by atoms with E-state index in [1.54, 1.807) is 17.5 Å². The van der Waals surface area contributed by atoms with Gasteiger partial charge in [0.05, 0.1) is 42.0 Å². The van der Waals surface area contributed by atoms with Crippen LogP contribution in [0, 0.1) is 6.92 Å². The van der Waals surface area contributed by atoms with Crippen molar-refractivity contribution in [3.63, 3.8) is 0 Å². The van der Waals surface area contributed by atoms with Crippen molar-refractivity contribution in [3.8, 4) is 17.1 Å². The Labute approximate surface area is 239 Å². The zero-order valence-corrected chi connectivity index (χ0v) is 25.1. The van der Waals surface area contributed by atoms with Crippen LogP contribution in [0.2, 0.25) is 0 Å². The second-order valence-electron chi connectivity index (χ2n) is 11.1. The van der Waals surface area contributed by atoms with Gasteiger partial charge in [-0.25, -0.2) is 23.4 Å². The summed E-state index contributed by atoms with van der Waals surface area (Å²) in [7, 11) is -1.78. The Morgan fingerprint density at radius 2 is 1.80 bits per heavy atom. The predicted molar refractivity (Wildman–Crippen MR) is 156 cm³/mol. The summed E-state index contributed by atoms with van der Waals surface area (Å²) in [5.74, 6) is 0.497. The number of anilines is 1. The Morgan fingerprint density at radius 1 is 1.07 bits per heavy atom. The summed E-state index contributed by atoms with van der Waals surface area (Å²) in [6, 6.07) is 1.86. The van der Waals surface area contributed by atoms with Gasteiger partial charge in [0.25, 0.3) is 0 Å². The highest BCUT2D eigenvalue weighted by Crippen LogP contribution is 2.40. The molecule has 3 aliphatic heterocycles. The molecule has 216 valence electrons. The Kier molecular flexibility index (Phi) is 7.73. The van der Waals surface area contributed by atoms with Crippen LogP contribution in [0.1, 0.15) is 48.1 Å². The zero-order valence-electron chi connectivity index (χ0n) is 23.4. The van der Waals surface area contributed by atoms with Gasteiger partial charge < -0.3 is 19.1 Å². The molecular weight excluding hydrogens is 550 g/mol. The van der Waals surface area contributed by atoms with Crippen LogP contribution >= 0.6 is 11.3 Å². The van der Waals surface area contributed by atoms with Gasteiger partial charge in [0.1, 0.15) is 0 Å². The fraction of sp³-hybridized carbons (Fsp3) is 0.607. The molecule has 12 heteroatoms. The van der Waals surface area contributed by atoms with Crippen LogP contribution in [0.15, 0.2) is 12.3 Å². The van der Waals surface area contributed by atoms with Crippen LogP contribution in [0.5, 0.6) is 5.88 Å². The highest BCUT2D eigenvalue weighted by molar-refractivity contribution is 7.89. The van der Waals surface area contributed by atoms with Crippen LogP contribution < -0.4 is 9.64 Å². The maximum absolute atomic E-state index is 12.2. The van der Waals surface area contributed by atoms with Crippen LogP contribution in [0.3, 0.4) is 0 Å². The topological polar surface area (TPSA) is 107 Å². The van der Waals surface area contributed by atoms with Gasteiger partial charge in [-0.15, -0.1) is 11.3 Å². The van der Waals surface area contributed by atoms with Crippen LogP contribution in [-0.2, 0) is 31.6 Å². The number of hydrogen-bond acceptors (Lipinski definition) is 11. The van der Waals surface area contributed by atoms with Crippen molar-refractivity contribution >= 4 is 37.3 Å². The van der Waals surface area contributed by atoms with Gasteiger partial charge >= 0.3 is 0 Å². The minimum atomic E-state index is -3.29. The lowest BCUT2D eigenvalue weighted by Gasteiger charge is -2.37. The molecule has 3 aromatic rings. The number of rotatable bonds is 7. The third kappa shape index (κ3) is 5.69. The molecule has 0 amide bonds. The van der Waals surface area contributed by atoms with Crippen molar-refractivity contribution in [3.05, 3.63) is 28.3 Å². The van der Waals surface area contributed by atoms with Crippen molar-refractivity contribution in [2.45, 2.75) is 57.1 Å². The smallest absolute Gasteiger partial charge is 0.226 e. The first kappa shape index (κ1) is 27.8. The van der Waals surface area contributed by atoms with E-state index in [0.717, 1.165) is 85.8 Å². The number of hydrogen-bond donors (Lipinski definition) is 0. The number of piperidine rings is 2. The van der Waals surface area contributed by atoms with Gasteiger partial charge in [-0.2, -0.15) is 0 Å². The highest BCUT2D eigenvalue weighted by Gasteiger charge is 2.40. The number of fused-ring (bicyclic) bond motifs is 1. The van der Waals surface area contributed by atoms with Crippen molar-refractivity contribution in [2.75, 3.05) is 57.7 Å². The largest absolute Gasteiger partial charge is 0.481 e. The molecule has 10 nitrogen and oxygen atoms in total. The minimum absolute atomic E-state index is 0.150. The van der Waals surface area contributed by atoms with E-state index >= 15 is 0 Å². The molecule has 0 saturated carbocycles. The second-order valence-corrected chi connectivity index (χ2v) is 14.4. The van der Waals surface area contributed by atoms with Gasteiger partial charge in [-0.3, -0.25) is 4.90 Å². The van der Waals surface area contributed by atoms with E-state index in [1.165, 1.54) is 30.2 Å². The quantitative estimate of drug-likeness (QED) is 0.403. The fourth-order valence-electron chi connectivity index (χ4n) is 6.00. The first-order chi connectivity index (χ1) is 19.2. The van der Waals surface area contributed by atoms with Gasteiger partial charge in [0.2, 0.25) is 11.8 Å². The number of methoxy groups -OCH3 is 1. The first-order valence-corrected chi connectivity index (χ1v) is 16.9. The molecule has 1 spiro atoms. The lowest BCUT2D eigenvalue weighted by atomic mass is 10.0. The number of pyridine rings is 1. The molecule has 0 atom stereocenters. The highest BCUT2D eigenvalue weighted by atomic mass is 32.2. The van der Waals surface area contributed by atoms with Crippen molar-refractivity contribution in [2.24, 2.45) is 0 Å². The second kappa shape index (κ2) is 11.1. The van der Waals surface area contributed by atoms with Crippen molar-refractivity contribution in [1.82, 2.24) is 19.9 Å². The monoisotopic (exact) mass is 587 g/mol. The fourth-order valence-corrected chi connectivity index (χ4v) is 7.88. The van der Waals surface area contributed by atoms with Gasteiger partial charge in [-0.1, -0.05) is 0 Å². The molecule has 0 unspecified atom stereocenters. The average Bonchev–Trinajstić information content (AvgIpc) is 3.53. The van der Waals surface area contributed by atoms with E-state index in [4.69, 9.17) is 24.2 Å². The molecule has 0 N–H and O–H groups in total. The number of aromatic nitrogens is 3. The van der Waals surface area contributed by atoms with Gasteiger partial charge in [0.15, 0.2) is 15.6 Å². The van der Waals surface area contributed by atoms with Crippen LogP contribution in [-0.4, -0.2) is 86.8 Å². The number of nitrogens with zero attached hydrogens (tertiary/aromatic N) is 5. The molecule has 0 bridgehead atoms. The van der Waals surface area contributed by atoms with Crippen LogP contribution in [0.25, 0.3) is 21.5 Å². The van der Waals surface area contributed by atoms with Gasteiger partial charge in [-0.05, 0) is 32.3 Å². The Morgan fingerprint density at radius 3 is 2.48 bits per heavy atom. The van der Waals surface area contributed by atoms with E-state index in [9.17, 15) is 8.42 Å². The molecule has 3 fully saturated rings. The van der Waals surface area contributed by atoms with E-state index < -0.39 is 15.6 Å². The molecule has 40 heavy (non-hydrogen) atoms. The van der Waals surface area contributed by atoms with E-state index in [0.29, 0.717) is 24.7 Å². The van der Waals surface area contributed by atoms with E-state index in [-0.39, 0.29) is 5.75 Å². The minimum Gasteiger partial charge on any atom is -0.481 e. The Bertz CT molecular complexity index is 1490. The molecule has 3 aliphatic rings. The van der Waals surface area contributed by atoms with Crippen molar-refractivity contribution < 1.29 is 22.6 Å². The normalized spacial score (nSPS) is 20.0. The number of sulfone groups is 1. The van der Waals surface area contributed by atoms with E-state index in [1.807, 2.05) is 6.07 Å². The summed E-state index contributed by atoms with van der Waals surface area (Å²) >= 11 is 1.70. The maximum Gasteiger partial charge on any atom is 0.226 e. The molecule has 6 rings (SSSR count). The van der Waals surface area contributed by atoms with Crippen molar-refractivity contribution in [1.29, 1.82) is 0 Å². The summed E-state index contributed by atoms with van der Waals surface area (Å²) in [6.07, 6.45) is 8.14. The molecule has 0 aromatic carbocycles. The zero-order chi connectivity index (χ0) is 27.9. The molecule has 6 heterocycles. The lowest BCUT2D eigenvalue weighted by Crippen LogP contribution is -2.44. The molecule has 3 aromatic heterocycles. The number of aryl methyl sites for hydroxylation is 1. The summed E-state index contributed by atoms with van der Waals surface area (Å²) < 4.78 is 42.6. The lowest BCUT2D eigenvalue weighted by molar-refractivity contribution is -0.185. The average molecular weight is 588 g/mol. The van der Waals surface area contributed by atoms with E-state index in [2.05, 4.69) is 21.7 Å². The third-order valence-corrected chi connectivity index (χ3v) is 10.1. The van der Waals surface area contributed by atoms with Gasteiger partial charge in [0, 0.05) is 79.6 Å². The Balaban J connectivity index is 1.41. The van der Waals surface area contributed by atoms with Crippen LogP contribution in [0.4, 0.5) is 5.95 Å². The SMILES string of the molecule is COc1ncc(-c2nc(N3CCCCC3)nc3c(CN4CCC5(CC4)OCCO5)c(C)sc23)cc1CS(C)(=O)=O. The molecular formula is C28H37N5O5S2. The third-order valence-electron chi connectivity index (χ3n) is 8.08. The summed E-state index contributed by atoms with van der Waals surface area (Å²) in [4.78, 5) is 20.7. The first-order valence-electron chi connectivity index (χ1n) is 14.0.